The Balaban J connectivity index is 0.000000172. The van der Waals surface area contributed by atoms with E-state index in [1.165, 1.54) is 9.96 Å². The van der Waals surface area contributed by atoms with Crippen LogP contribution in [0.5, 0.6) is 0 Å². The number of urea groups is 2. The highest BCUT2D eigenvalue weighted by molar-refractivity contribution is 5.93. The Morgan fingerprint density at radius 3 is 1.74 bits per heavy atom. The molecule has 47 heavy (non-hydrogen) atoms. The average molecular weight is 653 g/mol. The third kappa shape index (κ3) is 7.13. The van der Waals surface area contributed by atoms with Crippen LogP contribution in [-0.4, -0.2) is 111 Å². The van der Waals surface area contributed by atoms with Gasteiger partial charge in [-0.3, -0.25) is 29.2 Å². The summed E-state index contributed by atoms with van der Waals surface area (Å²) in [4.78, 5) is 81.6. The molecule has 3 N–H and O–H groups in total. The number of amides is 6. The third-order valence-electron chi connectivity index (χ3n) is 10.5. The number of carbonyl (C=O) groups is 6. The fourth-order valence-corrected chi connectivity index (χ4v) is 7.05. The summed E-state index contributed by atoms with van der Waals surface area (Å²) in [5.74, 6) is -0.137. The highest BCUT2D eigenvalue weighted by Crippen LogP contribution is 2.32. The minimum Gasteiger partial charge on any atom is -0.347 e. The van der Waals surface area contributed by atoms with E-state index < -0.39 is 18.1 Å². The molecular formula is C33H44N6O8. The molecule has 2 saturated carbocycles. The van der Waals surface area contributed by atoms with E-state index in [1.807, 2.05) is 30.3 Å². The summed E-state index contributed by atoms with van der Waals surface area (Å²) in [5, 5.41) is 17.1. The van der Waals surface area contributed by atoms with Gasteiger partial charge in [-0.2, -0.15) is 5.06 Å². The van der Waals surface area contributed by atoms with Crippen molar-refractivity contribution >= 4 is 35.4 Å². The van der Waals surface area contributed by atoms with Crippen molar-refractivity contribution in [1.82, 2.24) is 30.6 Å². The fraction of sp³-hybridized carbons (Fsp3) is 0.636. The van der Waals surface area contributed by atoms with E-state index in [0.29, 0.717) is 50.4 Å². The second-order valence-corrected chi connectivity index (χ2v) is 13.4. The van der Waals surface area contributed by atoms with Crippen molar-refractivity contribution in [2.45, 2.75) is 95.0 Å². The topological polar surface area (TPSA) is 169 Å². The third-order valence-corrected chi connectivity index (χ3v) is 10.5. The molecule has 0 aromatic heterocycles. The first-order valence-electron chi connectivity index (χ1n) is 16.9. The quantitative estimate of drug-likeness (QED) is 0.305. The Morgan fingerprint density at radius 2 is 1.21 bits per heavy atom. The van der Waals surface area contributed by atoms with Crippen molar-refractivity contribution in [2.75, 3.05) is 26.2 Å². The van der Waals surface area contributed by atoms with Crippen LogP contribution in [0, 0.1) is 11.8 Å². The molecule has 254 valence electrons. The number of benzene rings is 1. The molecule has 4 bridgehead atoms. The first-order chi connectivity index (χ1) is 22.7. The van der Waals surface area contributed by atoms with Crippen molar-refractivity contribution in [3.05, 3.63) is 35.9 Å². The fourth-order valence-electron chi connectivity index (χ4n) is 7.05. The molecule has 2 aliphatic carbocycles. The van der Waals surface area contributed by atoms with Crippen molar-refractivity contribution in [1.29, 1.82) is 0 Å². The van der Waals surface area contributed by atoms with Crippen molar-refractivity contribution in [2.24, 2.45) is 11.8 Å². The Hall–Kier alpha value is -4.04. The van der Waals surface area contributed by atoms with E-state index in [9.17, 15) is 34.0 Å². The molecule has 4 heterocycles. The highest BCUT2D eigenvalue weighted by atomic mass is 16.7. The summed E-state index contributed by atoms with van der Waals surface area (Å²) < 4.78 is 0. The van der Waals surface area contributed by atoms with Gasteiger partial charge in [-0.05, 0) is 56.9 Å². The van der Waals surface area contributed by atoms with Crippen LogP contribution in [0.25, 0.3) is 0 Å². The zero-order chi connectivity index (χ0) is 33.1. The number of carbonyl (C=O) groups excluding carboxylic acids is 6. The molecule has 0 radical (unpaired) electrons. The summed E-state index contributed by atoms with van der Waals surface area (Å²) in [6.07, 6.45) is 8.31. The van der Waals surface area contributed by atoms with Gasteiger partial charge in [-0.1, -0.05) is 43.2 Å². The number of fused-ring (bicyclic) bond motifs is 4. The van der Waals surface area contributed by atoms with Gasteiger partial charge in [0.25, 0.3) is 0 Å². The molecular weight excluding hydrogens is 608 g/mol. The number of piperidine rings is 2. The van der Waals surface area contributed by atoms with E-state index in [2.05, 4.69) is 10.6 Å². The molecule has 6 amide bonds. The molecule has 14 heteroatoms. The maximum absolute atomic E-state index is 12.7. The van der Waals surface area contributed by atoms with Crippen LogP contribution >= 0.6 is 0 Å². The number of Topliss-reactive ketones (excluding diaryl/α,β-unsaturated/α-hetero) is 2. The van der Waals surface area contributed by atoms with Crippen LogP contribution in [0.15, 0.2) is 30.3 Å². The van der Waals surface area contributed by atoms with E-state index in [4.69, 9.17) is 4.84 Å². The smallest absolute Gasteiger partial charge is 0.345 e. The molecule has 1 aromatic carbocycles. The van der Waals surface area contributed by atoms with Gasteiger partial charge in [0.05, 0.1) is 25.2 Å². The maximum atomic E-state index is 12.7. The Labute approximate surface area is 273 Å². The van der Waals surface area contributed by atoms with Crippen LogP contribution < -0.4 is 10.6 Å². The molecule has 0 spiro atoms. The predicted molar refractivity (Wildman–Crippen MR) is 165 cm³/mol. The van der Waals surface area contributed by atoms with Gasteiger partial charge in [0.1, 0.15) is 18.7 Å². The van der Waals surface area contributed by atoms with E-state index >= 15 is 0 Å². The highest BCUT2D eigenvalue weighted by Gasteiger charge is 2.48. The minimum absolute atomic E-state index is 0.0260. The molecule has 4 atom stereocenters. The molecule has 4 aliphatic heterocycles. The van der Waals surface area contributed by atoms with Gasteiger partial charge < -0.3 is 20.4 Å². The zero-order valence-corrected chi connectivity index (χ0v) is 26.6. The lowest BCUT2D eigenvalue weighted by atomic mass is 9.82. The van der Waals surface area contributed by atoms with Crippen molar-refractivity contribution in [3.63, 3.8) is 0 Å². The van der Waals surface area contributed by atoms with E-state index in [1.54, 1.807) is 4.90 Å². The average Bonchev–Trinajstić information content (AvgIpc) is 3.39. The Kier molecular flexibility index (Phi) is 10.1. The van der Waals surface area contributed by atoms with Gasteiger partial charge >= 0.3 is 12.1 Å². The molecule has 4 saturated heterocycles. The normalized spacial score (nSPS) is 26.7. The second kappa shape index (κ2) is 14.4. The summed E-state index contributed by atoms with van der Waals surface area (Å²) >= 11 is 0. The Bertz CT molecular complexity index is 1370. The lowest BCUT2D eigenvalue weighted by Crippen LogP contribution is -2.51. The molecule has 7 rings (SSSR count). The lowest BCUT2D eigenvalue weighted by molar-refractivity contribution is -0.140. The van der Waals surface area contributed by atoms with E-state index in [-0.39, 0.29) is 66.4 Å². The summed E-state index contributed by atoms with van der Waals surface area (Å²) in [6, 6.07) is 7.59. The predicted octanol–water partition coefficient (Wildman–Crippen LogP) is 2.00. The van der Waals surface area contributed by atoms with Crippen molar-refractivity contribution in [3.8, 4) is 0 Å². The number of hydrogen-bond acceptors (Lipinski definition) is 8. The van der Waals surface area contributed by atoms with Gasteiger partial charge in [-0.15, -0.1) is 0 Å². The first kappa shape index (κ1) is 32.9. The minimum atomic E-state index is -0.565. The standard InChI is InChI=1S/C20H25N3O4.C13H19N3O4/c24-18(15-7-4-8-15)11-21-19(25)17-10-9-16-12-22(17)20(26)23(16)27-13-14-5-2-1-3-6-14;17-11(8-2-1-3-8)6-14-12(18)10-5-4-9-7-15(10)13(19)16(9)20/h1-3,5-6,15-17H,4,7-13H2,(H,21,25);8-10,20H,1-7H2,(H,14,18)/t16-,17+;9-,10+/m11/s1. The number of ketones is 2. The van der Waals surface area contributed by atoms with Gasteiger partial charge in [0, 0.05) is 24.9 Å². The maximum Gasteiger partial charge on any atom is 0.345 e. The van der Waals surface area contributed by atoms with Gasteiger partial charge in [-0.25, -0.2) is 14.7 Å². The number of hydroxylamine groups is 4. The summed E-state index contributed by atoms with van der Waals surface area (Å²) in [7, 11) is 0. The van der Waals surface area contributed by atoms with E-state index in [0.717, 1.165) is 44.1 Å². The van der Waals surface area contributed by atoms with Crippen molar-refractivity contribution < 1.29 is 38.8 Å². The summed E-state index contributed by atoms with van der Waals surface area (Å²) in [6.45, 7) is 1.31. The molecule has 14 nitrogen and oxygen atoms in total. The molecule has 1 aromatic rings. The molecule has 6 fully saturated rings. The van der Waals surface area contributed by atoms with Crippen LogP contribution in [0.3, 0.4) is 0 Å². The van der Waals surface area contributed by atoms with Crippen LogP contribution in [0.1, 0.15) is 69.8 Å². The number of hydrogen-bond donors (Lipinski definition) is 3. The SMILES string of the molecule is O=C(CNC(=O)[C@@H]1CC[C@@H]2CN1C(=O)N2O)C1CCC1.O=C(CNC(=O)[C@@H]1CC[C@@H]2CN1C(=O)N2OCc1ccccc1)C1CCC1. The molecule has 6 aliphatic rings. The number of nitrogens with one attached hydrogen (secondary N) is 2. The second-order valence-electron chi connectivity index (χ2n) is 13.4. The van der Waals surface area contributed by atoms with Gasteiger partial charge in [0.2, 0.25) is 11.8 Å². The molecule has 0 unspecified atom stereocenters. The first-order valence-corrected chi connectivity index (χ1v) is 16.9. The van der Waals surface area contributed by atoms with Gasteiger partial charge in [0.15, 0.2) is 11.6 Å². The van der Waals surface area contributed by atoms with Crippen LogP contribution in [0.4, 0.5) is 9.59 Å². The van der Waals surface area contributed by atoms with Crippen LogP contribution in [-0.2, 0) is 30.6 Å². The Morgan fingerprint density at radius 1 is 0.702 bits per heavy atom. The largest absolute Gasteiger partial charge is 0.347 e. The summed E-state index contributed by atoms with van der Waals surface area (Å²) in [5.41, 5.74) is 0.991. The number of rotatable bonds is 11. The number of nitrogens with zero attached hydrogens (tertiary/aromatic N) is 4. The zero-order valence-electron chi connectivity index (χ0n) is 26.6. The lowest BCUT2D eigenvalue weighted by Gasteiger charge is -2.29. The monoisotopic (exact) mass is 652 g/mol. The van der Waals surface area contributed by atoms with Crippen LogP contribution in [0.2, 0.25) is 0 Å².